The molecular weight excluding hydrogens is 271 g/mol. The Morgan fingerprint density at radius 2 is 1.20 bits per heavy atom. The van der Waals surface area contributed by atoms with E-state index in [9.17, 15) is 4.57 Å². The summed E-state index contributed by atoms with van der Waals surface area (Å²) in [6, 6.07) is 14.9. The third-order valence-corrected chi connectivity index (χ3v) is 4.38. The summed E-state index contributed by atoms with van der Waals surface area (Å²) in [6.07, 6.45) is 0. The number of para-hydroxylation sites is 2. The Morgan fingerprint density at radius 1 is 0.800 bits per heavy atom. The summed E-state index contributed by atoms with van der Waals surface area (Å²) in [7, 11) is -1.74. The first-order chi connectivity index (χ1) is 9.77. The maximum Gasteiger partial charge on any atom is 0.144 e. The first kappa shape index (κ1) is 14.5. The Kier molecular flexibility index (Phi) is 5.14. The van der Waals surface area contributed by atoms with Gasteiger partial charge in [-0.3, -0.25) is 4.57 Å². The lowest BCUT2D eigenvalue weighted by Gasteiger charge is -2.12. The largest absolute Gasteiger partial charge is 0.493 e. The molecule has 2 rings (SSSR count). The van der Waals surface area contributed by atoms with E-state index in [1.165, 1.54) is 0 Å². The van der Waals surface area contributed by atoms with E-state index in [1.807, 2.05) is 62.4 Å². The van der Waals surface area contributed by atoms with Crippen LogP contribution in [0.1, 0.15) is 13.8 Å². The molecule has 0 amide bonds. The van der Waals surface area contributed by atoms with E-state index in [0.29, 0.717) is 35.3 Å². The van der Waals surface area contributed by atoms with Gasteiger partial charge in [-0.05, 0) is 38.1 Å². The number of rotatable bonds is 6. The highest BCUT2D eigenvalue weighted by molar-refractivity contribution is 7.62. The van der Waals surface area contributed by atoms with Crippen molar-refractivity contribution in [2.24, 2.45) is 0 Å². The molecule has 0 aliphatic carbocycles. The molecule has 0 fully saturated rings. The highest BCUT2D eigenvalue weighted by atomic mass is 31.1. The zero-order valence-corrected chi connectivity index (χ0v) is 12.6. The zero-order valence-electron chi connectivity index (χ0n) is 11.7. The van der Waals surface area contributed by atoms with Crippen molar-refractivity contribution < 1.29 is 14.0 Å². The lowest BCUT2D eigenvalue weighted by Crippen LogP contribution is -2.13. The van der Waals surface area contributed by atoms with Crippen molar-refractivity contribution in [3.05, 3.63) is 48.5 Å². The fourth-order valence-corrected chi connectivity index (χ4v) is 3.32. The molecule has 105 valence electrons. The van der Waals surface area contributed by atoms with Crippen LogP contribution < -0.4 is 20.1 Å². The molecule has 20 heavy (non-hydrogen) atoms. The molecule has 0 N–H and O–H groups in total. The van der Waals surface area contributed by atoms with Gasteiger partial charge in [0, 0.05) is 0 Å². The lowest BCUT2D eigenvalue weighted by atomic mass is 10.3. The van der Waals surface area contributed by atoms with Crippen molar-refractivity contribution in [1.29, 1.82) is 0 Å². The topological polar surface area (TPSA) is 35.5 Å². The summed E-state index contributed by atoms with van der Waals surface area (Å²) < 4.78 is 23.9. The van der Waals surface area contributed by atoms with Crippen LogP contribution in [0.15, 0.2) is 48.5 Å². The third-order valence-electron chi connectivity index (χ3n) is 2.77. The van der Waals surface area contributed by atoms with Crippen molar-refractivity contribution in [1.82, 2.24) is 0 Å². The number of benzene rings is 2. The van der Waals surface area contributed by atoms with Gasteiger partial charge in [0.05, 0.1) is 23.8 Å². The van der Waals surface area contributed by atoms with Gasteiger partial charge >= 0.3 is 0 Å². The Hall–Kier alpha value is -1.86. The summed E-state index contributed by atoms with van der Waals surface area (Å²) in [5, 5.41) is 1.41. The van der Waals surface area contributed by atoms with Crippen LogP contribution in [0.3, 0.4) is 0 Å². The number of ether oxygens (including phenoxy) is 2. The van der Waals surface area contributed by atoms with Crippen molar-refractivity contribution in [3.63, 3.8) is 0 Å². The van der Waals surface area contributed by atoms with Crippen LogP contribution >= 0.6 is 7.80 Å². The normalized spacial score (nSPS) is 10.1. The Labute approximate surface area is 120 Å². The summed E-state index contributed by atoms with van der Waals surface area (Å²) in [6.45, 7) is 4.93. The quantitative estimate of drug-likeness (QED) is 0.766. The highest BCUT2D eigenvalue weighted by Crippen LogP contribution is 2.29. The predicted octanol–water partition coefficient (Wildman–Crippen LogP) is 3.26. The average Bonchev–Trinajstić information content (AvgIpc) is 2.48. The Bertz CT molecular complexity index is 544. The van der Waals surface area contributed by atoms with Crippen LogP contribution in [-0.2, 0) is 4.57 Å². The minimum absolute atomic E-state index is 0.549. The van der Waals surface area contributed by atoms with Gasteiger partial charge < -0.3 is 9.47 Å². The fourth-order valence-electron chi connectivity index (χ4n) is 1.93. The first-order valence-electron chi connectivity index (χ1n) is 6.68. The molecule has 0 saturated carbocycles. The molecule has 0 saturated heterocycles. The molecule has 0 spiro atoms. The zero-order chi connectivity index (χ0) is 14.4. The molecule has 0 bridgehead atoms. The van der Waals surface area contributed by atoms with E-state index in [4.69, 9.17) is 9.47 Å². The van der Waals surface area contributed by atoms with Gasteiger partial charge in [0.1, 0.15) is 19.3 Å². The number of hydrogen-bond acceptors (Lipinski definition) is 3. The van der Waals surface area contributed by atoms with Gasteiger partial charge in [0.2, 0.25) is 0 Å². The van der Waals surface area contributed by atoms with Crippen molar-refractivity contribution in [2.75, 3.05) is 13.2 Å². The van der Waals surface area contributed by atoms with E-state index < -0.39 is 7.80 Å². The number of hydrogen-bond donors (Lipinski definition) is 0. The molecule has 2 aromatic rings. The van der Waals surface area contributed by atoms with Crippen LogP contribution in [0.4, 0.5) is 0 Å². The molecule has 4 heteroatoms. The summed E-state index contributed by atoms with van der Waals surface area (Å²) in [5.41, 5.74) is 0. The monoisotopic (exact) mass is 289 g/mol. The molecule has 1 radical (unpaired) electrons. The molecule has 0 atom stereocenters. The predicted molar refractivity (Wildman–Crippen MR) is 82.1 cm³/mol. The van der Waals surface area contributed by atoms with Gasteiger partial charge in [0.25, 0.3) is 0 Å². The van der Waals surface area contributed by atoms with Gasteiger partial charge in [-0.15, -0.1) is 0 Å². The molecule has 2 aromatic carbocycles. The second-order valence-corrected chi connectivity index (χ2v) is 5.65. The van der Waals surface area contributed by atoms with Crippen LogP contribution in [0.5, 0.6) is 11.5 Å². The standard InChI is InChI=1S/C16H18O3P/c1-3-18-13-9-5-7-11-15(13)20(17)16-12-8-6-10-14(16)19-4-2/h5-12H,3-4H2,1-2H3. The highest BCUT2D eigenvalue weighted by Gasteiger charge is 2.17. The second-order valence-electron chi connectivity index (χ2n) is 4.10. The van der Waals surface area contributed by atoms with Gasteiger partial charge in [-0.25, -0.2) is 0 Å². The van der Waals surface area contributed by atoms with E-state index in [0.717, 1.165) is 0 Å². The molecule has 0 aliphatic rings. The van der Waals surface area contributed by atoms with E-state index in [2.05, 4.69) is 0 Å². The summed E-state index contributed by atoms with van der Waals surface area (Å²) in [5.74, 6) is 1.34. The summed E-state index contributed by atoms with van der Waals surface area (Å²) in [4.78, 5) is 0. The van der Waals surface area contributed by atoms with Crippen LogP contribution in [0, 0.1) is 0 Å². The van der Waals surface area contributed by atoms with Crippen molar-refractivity contribution in [3.8, 4) is 11.5 Å². The van der Waals surface area contributed by atoms with Crippen molar-refractivity contribution >= 4 is 18.4 Å². The SMILES string of the molecule is CCOc1ccccc1[P](=O)c1ccccc1OCC. The van der Waals surface area contributed by atoms with E-state index >= 15 is 0 Å². The maximum absolute atomic E-state index is 12.8. The van der Waals surface area contributed by atoms with Crippen LogP contribution in [0.2, 0.25) is 0 Å². The minimum atomic E-state index is -1.74. The molecule has 0 heterocycles. The second kappa shape index (κ2) is 7.06. The lowest BCUT2D eigenvalue weighted by molar-refractivity contribution is 0.342. The smallest absolute Gasteiger partial charge is 0.144 e. The van der Waals surface area contributed by atoms with Gasteiger partial charge in [0.15, 0.2) is 0 Å². The third kappa shape index (κ3) is 3.17. The summed E-state index contributed by atoms with van der Waals surface area (Å²) >= 11 is 0. The minimum Gasteiger partial charge on any atom is -0.493 e. The van der Waals surface area contributed by atoms with Gasteiger partial charge in [-0.1, -0.05) is 24.3 Å². The average molecular weight is 289 g/mol. The van der Waals surface area contributed by atoms with Crippen LogP contribution in [0.25, 0.3) is 0 Å². The van der Waals surface area contributed by atoms with E-state index in [1.54, 1.807) is 0 Å². The van der Waals surface area contributed by atoms with E-state index in [-0.39, 0.29) is 0 Å². The Morgan fingerprint density at radius 3 is 1.60 bits per heavy atom. The molecule has 0 unspecified atom stereocenters. The van der Waals surface area contributed by atoms with Gasteiger partial charge in [-0.2, -0.15) is 0 Å². The molecule has 0 aromatic heterocycles. The maximum atomic E-state index is 12.8. The van der Waals surface area contributed by atoms with Crippen LogP contribution in [-0.4, -0.2) is 13.2 Å². The van der Waals surface area contributed by atoms with Crippen molar-refractivity contribution in [2.45, 2.75) is 13.8 Å². The fraction of sp³-hybridized carbons (Fsp3) is 0.250. The first-order valence-corrected chi connectivity index (χ1v) is 7.94. The molecular formula is C16H18O3P. The molecule has 0 aliphatic heterocycles. The molecule has 3 nitrogen and oxygen atoms in total. The Balaban J connectivity index is 2.41.